The van der Waals surface area contributed by atoms with E-state index in [9.17, 15) is 18.0 Å². The number of hydrazine groups is 1. The van der Waals surface area contributed by atoms with Crippen LogP contribution in [0.25, 0.3) is 0 Å². The molecule has 0 fully saturated rings. The number of nitrogen functional groups attached to an aromatic ring is 1. The molecule has 0 aliphatic heterocycles. The van der Waals surface area contributed by atoms with Crippen molar-refractivity contribution in [2.24, 2.45) is 0 Å². The van der Waals surface area contributed by atoms with Gasteiger partial charge in [0.05, 0.1) is 22.8 Å². The molecule has 0 aliphatic rings. The first-order valence-corrected chi connectivity index (χ1v) is 10.6. The maximum atomic E-state index is 12.7. The van der Waals surface area contributed by atoms with Crippen LogP contribution < -0.4 is 26.9 Å². The summed E-state index contributed by atoms with van der Waals surface area (Å²) in [7, 11) is -3.90. The van der Waals surface area contributed by atoms with E-state index in [1.807, 2.05) is 0 Å². The Labute approximate surface area is 178 Å². The lowest BCUT2D eigenvalue weighted by atomic mass is 10.2. The summed E-state index contributed by atoms with van der Waals surface area (Å²) >= 11 is 0. The molecule has 0 aliphatic carbocycles. The number of nitrogens with one attached hydrogen (secondary N) is 3. The largest absolute Gasteiger partial charge is 0.384 e. The third kappa shape index (κ3) is 5.05. The zero-order valence-electron chi connectivity index (χ0n) is 16.8. The third-order valence-corrected chi connectivity index (χ3v) is 5.62. The molecule has 0 unspecified atom stereocenters. The third-order valence-electron chi connectivity index (χ3n) is 4.36. The number of aryl methyl sites for hydroxylation is 2. The van der Waals surface area contributed by atoms with Gasteiger partial charge in [-0.2, -0.15) is 0 Å². The van der Waals surface area contributed by atoms with Crippen LogP contribution in [0.2, 0.25) is 0 Å². The topological polar surface area (TPSA) is 161 Å². The normalized spacial score (nSPS) is 11.2. The fourth-order valence-electron chi connectivity index (χ4n) is 2.69. The van der Waals surface area contributed by atoms with Gasteiger partial charge in [-0.05, 0) is 38.1 Å². The molecule has 3 aromatic rings. The Kier molecular flexibility index (Phi) is 6.32. The number of nitrogens with zero attached hydrogens (tertiary/aromatic N) is 3. The Bertz CT molecular complexity index is 1270. The molecule has 0 bridgehead atoms. The molecule has 31 heavy (non-hydrogen) atoms. The molecule has 0 atom stereocenters. The van der Waals surface area contributed by atoms with Gasteiger partial charge in [-0.3, -0.25) is 19.6 Å². The number of benzene rings is 1. The van der Waals surface area contributed by atoms with Gasteiger partial charge in [0.1, 0.15) is 5.82 Å². The van der Waals surface area contributed by atoms with E-state index in [1.54, 1.807) is 38.1 Å². The Hall–Kier alpha value is -3.77. The summed E-state index contributed by atoms with van der Waals surface area (Å²) in [5, 5.41) is 2.63. The molecule has 0 saturated heterocycles. The van der Waals surface area contributed by atoms with Crippen LogP contribution in [-0.2, 0) is 16.7 Å². The average molecular weight is 443 g/mol. The second-order valence-corrected chi connectivity index (χ2v) is 8.24. The van der Waals surface area contributed by atoms with Crippen molar-refractivity contribution in [1.82, 2.24) is 24.7 Å². The van der Waals surface area contributed by atoms with Crippen LogP contribution in [0.15, 0.2) is 58.4 Å². The van der Waals surface area contributed by atoms with E-state index < -0.39 is 21.5 Å². The van der Waals surface area contributed by atoms with E-state index in [0.29, 0.717) is 22.8 Å². The van der Waals surface area contributed by atoms with Crippen molar-refractivity contribution in [1.29, 1.82) is 0 Å². The predicted octanol–water partition coefficient (Wildman–Crippen LogP) is 0.530. The molecule has 1 amide bonds. The lowest BCUT2D eigenvalue weighted by Crippen LogP contribution is -2.38. The number of amides is 1. The van der Waals surface area contributed by atoms with Gasteiger partial charge in [0.15, 0.2) is 0 Å². The van der Waals surface area contributed by atoms with Crippen molar-refractivity contribution in [2.45, 2.75) is 25.4 Å². The lowest BCUT2D eigenvalue weighted by molar-refractivity contribution is 0.0940. The van der Waals surface area contributed by atoms with E-state index >= 15 is 0 Å². The summed E-state index contributed by atoms with van der Waals surface area (Å²) in [5.74, 6) is -0.388. The summed E-state index contributed by atoms with van der Waals surface area (Å²) in [6, 6.07) is 10.7. The van der Waals surface area contributed by atoms with E-state index in [2.05, 4.69) is 25.5 Å². The van der Waals surface area contributed by atoms with Gasteiger partial charge in [-0.15, -0.1) is 4.83 Å². The molecule has 0 saturated carbocycles. The molecular weight excluding hydrogens is 422 g/mol. The zero-order chi connectivity index (χ0) is 22.6. The first kappa shape index (κ1) is 21.9. The number of sulfonamides is 1. The predicted molar refractivity (Wildman–Crippen MR) is 114 cm³/mol. The number of aromatic nitrogens is 3. The molecule has 2 aromatic heterocycles. The Morgan fingerprint density at radius 3 is 2.52 bits per heavy atom. The summed E-state index contributed by atoms with van der Waals surface area (Å²) in [6.45, 7) is 3.13. The van der Waals surface area contributed by atoms with Crippen molar-refractivity contribution >= 4 is 27.6 Å². The maximum Gasteiger partial charge on any atom is 0.296 e. The van der Waals surface area contributed by atoms with Crippen LogP contribution in [0.5, 0.6) is 0 Å². The fraction of sp³-hybridized carbons (Fsp3) is 0.158. The number of nitrogens with two attached hydrogens (primary N) is 1. The minimum atomic E-state index is -3.90. The van der Waals surface area contributed by atoms with Crippen LogP contribution >= 0.6 is 0 Å². The summed E-state index contributed by atoms with van der Waals surface area (Å²) in [6.07, 6.45) is 1.38. The molecule has 2 heterocycles. The zero-order valence-corrected chi connectivity index (χ0v) is 17.6. The van der Waals surface area contributed by atoms with Gasteiger partial charge in [-0.25, -0.2) is 18.4 Å². The van der Waals surface area contributed by atoms with Crippen LogP contribution in [0, 0.1) is 13.8 Å². The van der Waals surface area contributed by atoms with Gasteiger partial charge >= 0.3 is 0 Å². The quantitative estimate of drug-likeness (QED) is 0.385. The molecule has 5 N–H and O–H groups in total. The van der Waals surface area contributed by atoms with Gasteiger partial charge in [0, 0.05) is 11.9 Å². The number of hydrogen-bond acceptors (Lipinski definition) is 8. The number of hydrogen-bond donors (Lipinski definition) is 4. The minimum Gasteiger partial charge on any atom is -0.384 e. The SMILES string of the molecule is Cc1nc(N)ccc1C(=O)NCn1c(C)cnc(NNS(=O)(=O)c2ccccc2)c1=O. The molecule has 3 rings (SSSR count). The summed E-state index contributed by atoms with van der Waals surface area (Å²) in [5.41, 5.74) is 8.55. The Morgan fingerprint density at radius 1 is 1.13 bits per heavy atom. The van der Waals surface area contributed by atoms with Crippen molar-refractivity contribution in [3.05, 3.63) is 76.0 Å². The highest BCUT2D eigenvalue weighted by Crippen LogP contribution is 2.09. The van der Waals surface area contributed by atoms with Gasteiger partial charge < -0.3 is 11.1 Å². The first-order chi connectivity index (χ1) is 14.7. The van der Waals surface area contributed by atoms with Crippen LogP contribution in [0.4, 0.5) is 11.6 Å². The smallest absolute Gasteiger partial charge is 0.296 e. The summed E-state index contributed by atoms with van der Waals surface area (Å²) < 4.78 is 25.9. The first-order valence-electron chi connectivity index (χ1n) is 9.09. The number of carbonyl (C=O) groups excluding carboxylic acids is 1. The van der Waals surface area contributed by atoms with Crippen molar-refractivity contribution in [2.75, 3.05) is 11.2 Å². The molecular formula is C19H21N7O4S. The standard InChI is InChI=1S/C19H21N7O4S/c1-12-10-21-17(24-25-31(29,30)14-6-4-3-5-7-14)19(28)26(12)11-22-18(27)15-8-9-16(20)23-13(15)2/h3-10,25H,11H2,1-2H3,(H2,20,23)(H,21,24)(H,22,27). The lowest BCUT2D eigenvalue weighted by Gasteiger charge is -2.14. The fourth-order valence-corrected chi connectivity index (χ4v) is 3.56. The molecule has 12 heteroatoms. The number of pyridine rings is 1. The Balaban J connectivity index is 1.75. The van der Waals surface area contributed by atoms with E-state index in [4.69, 9.17) is 5.73 Å². The Morgan fingerprint density at radius 2 is 1.84 bits per heavy atom. The molecule has 0 radical (unpaired) electrons. The number of rotatable bonds is 7. The minimum absolute atomic E-state index is 0.0228. The van der Waals surface area contributed by atoms with Gasteiger partial charge in [0.2, 0.25) is 5.82 Å². The average Bonchev–Trinajstić information content (AvgIpc) is 2.73. The maximum absolute atomic E-state index is 12.7. The van der Waals surface area contributed by atoms with Crippen LogP contribution in [0.3, 0.4) is 0 Å². The molecule has 162 valence electrons. The van der Waals surface area contributed by atoms with E-state index in [-0.39, 0.29) is 17.4 Å². The van der Waals surface area contributed by atoms with Crippen molar-refractivity contribution in [3.8, 4) is 0 Å². The van der Waals surface area contributed by atoms with Crippen LogP contribution in [-0.4, -0.2) is 28.9 Å². The number of anilines is 2. The second-order valence-electron chi connectivity index (χ2n) is 6.56. The van der Waals surface area contributed by atoms with Crippen molar-refractivity contribution < 1.29 is 13.2 Å². The van der Waals surface area contributed by atoms with E-state index in [1.165, 1.54) is 29.0 Å². The van der Waals surface area contributed by atoms with Gasteiger partial charge in [0.25, 0.3) is 21.5 Å². The van der Waals surface area contributed by atoms with Crippen LogP contribution in [0.1, 0.15) is 21.7 Å². The van der Waals surface area contributed by atoms with E-state index in [0.717, 1.165) is 0 Å². The highest BCUT2D eigenvalue weighted by atomic mass is 32.2. The second kappa shape index (κ2) is 8.93. The highest BCUT2D eigenvalue weighted by molar-refractivity contribution is 7.89. The molecule has 0 spiro atoms. The monoisotopic (exact) mass is 443 g/mol. The summed E-state index contributed by atoms with van der Waals surface area (Å²) in [4.78, 5) is 35.3. The molecule has 1 aromatic carbocycles. The highest BCUT2D eigenvalue weighted by Gasteiger charge is 2.16. The van der Waals surface area contributed by atoms with Crippen molar-refractivity contribution in [3.63, 3.8) is 0 Å². The van der Waals surface area contributed by atoms with Gasteiger partial charge in [-0.1, -0.05) is 18.2 Å². The molecule has 11 nitrogen and oxygen atoms in total. The number of carbonyl (C=O) groups is 1.